The fourth-order valence-corrected chi connectivity index (χ4v) is 5.94. The van der Waals surface area contributed by atoms with Crippen LogP contribution in [0.1, 0.15) is 12.5 Å². The zero-order chi connectivity index (χ0) is 18.4. The van der Waals surface area contributed by atoms with Crippen molar-refractivity contribution in [3.63, 3.8) is 0 Å². The van der Waals surface area contributed by atoms with Crippen LogP contribution >= 0.6 is 46.3 Å². The van der Waals surface area contributed by atoms with Gasteiger partial charge in [-0.15, -0.1) is 22.9 Å². The first-order valence-corrected chi connectivity index (χ1v) is 11.6. The Hall–Kier alpha value is -0.870. The summed E-state index contributed by atoms with van der Waals surface area (Å²) in [4.78, 5) is 4.43. The van der Waals surface area contributed by atoms with Gasteiger partial charge >= 0.3 is 0 Å². The zero-order valence-corrected chi connectivity index (χ0v) is 17.0. The number of nitrogens with one attached hydrogen (secondary N) is 1. The van der Waals surface area contributed by atoms with Gasteiger partial charge in [-0.1, -0.05) is 30.3 Å². The number of rotatable bonds is 5. The summed E-state index contributed by atoms with van der Waals surface area (Å²) < 4.78 is 39.8. The van der Waals surface area contributed by atoms with Crippen molar-refractivity contribution in [3.05, 3.63) is 22.5 Å². The molecule has 0 radical (unpaired) electrons. The number of nitrogens with zero attached hydrogens (tertiary/aromatic N) is 2. The summed E-state index contributed by atoms with van der Waals surface area (Å²) in [5.41, 5.74) is 1.00. The van der Waals surface area contributed by atoms with Crippen LogP contribution in [0.2, 0.25) is 5.02 Å². The molecule has 0 aliphatic rings. The van der Waals surface area contributed by atoms with Crippen LogP contribution in [0.5, 0.6) is 0 Å². The number of halogens is 3. The number of aromatic amines is 1. The summed E-state index contributed by atoms with van der Waals surface area (Å²) in [5, 5.41) is 6.56. The second-order valence-electron chi connectivity index (χ2n) is 5.09. The first kappa shape index (κ1) is 18.9. The molecule has 0 aliphatic heterocycles. The molecule has 0 saturated carbocycles. The Labute approximate surface area is 161 Å². The molecule has 134 valence electrons. The summed E-state index contributed by atoms with van der Waals surface area (Å²) in [6, 6.07) is 1.16. The second-order valence-corrected chi connectivity index (χ2v) is 10.2. The van der Waals surface area contributed by atoms with Crippen molar-refractivity contribution in [2.45, 2.75) is 22.2 Å². The van der Waals surface area contributed by atoms with E-state index < -0.39 is 15.7 Å². The highest BCUT2D eigenvalue weighted by atomic mass is 35.5. The van der Waals surface area contributed by atoms with Gasteiger partial charge in [0.25, 0.3) is 0 Å². The molecule has 0 bridgehead atoms. The van der Waals surface area contributed by atoms with Crippen LogP contribution in [0.4, 0.5) is 4.39 Å². The van der Waals surface area contributed by atoms with Crippen molar-refractivity contribution in [2.24, 2.45) is 0 Å². The van der Waals surface area contributed by atoms with Gasteiger partial charge in [-0.05, 0) is 11.8 Å². The third kappa shape index (κ3) is 3.40. The predicted octanol–water partition coefficient (Wildman–Crippen LogP) is 4.73. The maximum Gasteiger partial charge on any atom is 0.192 e. The fraction of sp³-hybridized carbons (Fsp3) is 0.286. The molecule has 11 heteroatoms. The zero-order valence-electron chi connectivity index (χ0n) is 13.1. The lowest BCUT2D eigenvalue weighted by molar-refractivity contribution is 0.597. The van der Waals surface area contributed by atoms with E-state index in [1.807, 2.05) is 6.92 Å². The largest absolute Gasteiger partial charge is 0.266 e. The molecule has 0 saturated heterocycles. The number of hydrogen-bond acceptors (Lipinski definition) is 6. The number of thioether (sulfide) groups is 1. The number of benzene rings is 1. The van der Waals surface area contributed by atoms with Crippen LogP contribution in [0.3, 0.4) is 0 Å². The van der Waals surface area contributed by atoms with Crippen LogP contribution in [-0.4, -0.2) is 35.6 Å². The molecule has 2 aromatic heterocycles. The van der Waals surface area contributed by atoms with Crippen LogP contribution in [0, 0.1) is 5.82 Å². The van der Waals surface area contributed by atoms with Gasteiger partial charge in [0.05, 0.1) is 21.2 Å². The number of alkyl halides is 1. The lowest BCUT2D eigenvalue weighted by Gasteiger charge is -2.05. The molecule has 1 N–H and O–H groups in total. The van der Waals surface area contributed by atoms with Crippen molar-refractivity contribution < 1.29 is 12.8 Å². The first-order valence-electron chi connectivity index (χ1n) is 7.02. The molecule has 0 spiro atoms. The van der Waals surface area contributed by atoms with Crippen molar-refractivity contribution in [3.8, 4) is 11.3 Å². The van der Waals surface area contributed by atoms with Gasteiger partial charge in [-0.25, -0.2) is 17.8 Å². The van der Waals surface area contributed by atoms with E-state index in [9.17, 15) is 12.8 Å². The minimum absolute atomic E-state index is 0.118. The minimum Gasteiger partial charge on any atom is -0.266 e. The van der Waals surface area contributed by atoms with Gasteiger partial charge in [0.2, 0.25) is 0 Å². The second kappa shape index (κ2) is 7.03. The van der Waals surface area contributed by atoms with Gasteiger partial charge in [-0.3, -0.25) is 5.10 Å². The number of H-pyrrole nitrogens is 1. The van der Waals surface area contributed by atoms with E-state index in [0.29, 0.717) is 10.2 Å². The summed E-state index contributed by atoms with van der Waals surface area (Å²) in [6.07, 6.45) is 1.04. The van der Waals surface area contributed by atoms with E-state index in [2.05, 4.69) is 15.2 Å². The number of thiazole rings is 1. The van der Waals surface area contributed by atoms with Crippen LogP contribution in [0.25, 0.3) is 21.5 Å². The lowest BCUT2D eigenvalue weighted by atomic mass is 10.1. The number of aromatic nitrogens is 3. The Bertz CT molecular complexity index is 1060. The molecule has 2 heterocycles. The van der Waals surface area contributed by atoms with E-state index in [-0.39, 0.29) is 32.7 Å². The van der Waals surface area contributed by atoms with Crippen LogP contribution < -0.4 is 0 Å². The third-order valence-electron chi connectivity index (χ3n) is 3.39. The number of sulfone groups is 1. The summed E-state index contributed by atoms with van der Waals surface area (Å²) in [7, 11) is -3.58. The highest BCUT2D eigenvalue weighted by Gasteiger charge is 2.26. The SMILES string of the molecule is CCSc1nc2c(Cl)cc(F)c(-c3n[nH]c(S(C)(=O)=O)c3CCl)c2s1. The monoisotopic (exact) mass is 439 g/mol. The molecule has 5 nitrogen and oxygen atoms in total. The minimum atomic E-state index is -3.58. The van der Waals surface area contributed by atoms with Crippen molar-refractivity contribution in [1.82, 2.24) is 15.2 Å². The Balaban J connectivity index is 2.35. The topological polar surface area (TPSA) is 75.7 Å². The summed E-state index contributed by atoms with van der Waals surface area (Å²) in [5.74, 6) is 0.0721. The molecule has 0 amide bonds. The average molecular weight is 440 g/mol. The molecule has 0 atom stereocenters. The van der Waals surface area contributed by atoms with Crippen molar-refractivity contribution in [2.75, 3.05) is 12.0 Å². The van der Waals surface area contributed by atoms with Gasteiger partial charge in [0.1, 0.15) is 17.0 Å². The number of fused-ring (bicyclic) bond motifs is 1. The maximum atomic E-state index is 14.7. The van der Waals surface area contributed by atoms with Gasteiger partial charge < -0.3 is 0 Å². The van der Waals surface area contributed by atoms with Gasteiger partial charge in [-0.2, -0.15) is 5.10 Å². The molecule has 3 aromatic rings. The van der Waals surface area contributed by atoms with Crippen molar-refractivity contribution >= 4 is 66.4 Å². The molecule has 3 rings (SSSR count). The van der Waals surface area contributed by atoms with E-state index in [1.54, 1.807) is 0 Å². The highest BCUT2D eigenvalue weighted by Crippen LogP contribution is 2.42. The maximum absolute atomic E-state index is 14.7. The average Bonchev–Trinajstić information content (AvgIpc) is 3.11. The van der Waals surface area contributed by atoms with E-state index in [1.165, 1.54) is 23.1 Å². The third-order valence-corrected chi connectivity index (χ3v) is 7.12. The van der Waals surface area contributed by atoms with E-state index in [4.69, 9.17) is 23.2 Å². The highest BCUT2D eigenvalue weighted by molar-refractivity contribution is 8.01. The molecule has 0 unspecified atom stereocenters. The fourth-order valence-electron chi connectivity index (χ4n) is 2.38. The molecule has 25 heavy (non-hydrogen) atoms. The molecular formula is C14H12Cl2FN3O2S3. The Morgan fingerprint density at radius 1 is 1.44 bits per heavy atom. The van der Waals surface area contributed by atoms with Gasteiger partial charge in [0, 0.05) is 11.8 Å². The predicted molar refractivity (Wildman–Crippen MR) is 101 cm³/mol. The normalized spacial score (nSPS) is 12.2. The smallest absolute Gasteiger partial charge is 0.192 e. The van der Waals surface area contributed by atoms with E-state index >= 15 is 0 Å². The Kier molecular flexibility index (Phi) is 5.32. The lowest BCUT2D eigenvalue weighted by Crippen LogP contribution is -2.01. The molecule has 1 aromatic carbocycles. The molecular weight excluding hydrogens is 428 g/mol. The standard InChI is InChI=1S/C14H12Cl2FN3O2S3/c1-3-23-14-18-11-7(16)4-8(17)9(12(11)24-14)10-6(5-15)13(20-19-10)25(2,21)22/h4H,3,5H2,1-2H3,(H,19,20). The van der Waals surface area contributed by atoms with Crippen LogP contribution in [-0.2, 0) is 15.7 Å². The van der Waals surface area contributed by atoms with Crippen LogP contribution in [0.15, 0.2) is 15.4 Å². The molecule has 0 fully saturated rings. The van der Waals surface area contributed by atoms with Gasteiger partial charge in [0.15, 0.2) is 19.2 Å². The Morgan fingerprint density at radius 2 is 2.16 bits per heavy atom. The summed E-state index contributed by atoms with van der Waals surface area (Å²) in [6.45, 7) is 1.98. The number of hydrogen-bond donors (Lipinski definition) is 1. The Morgan fingerprint density at radius 3 is 2.76 bits per heavy atom. The van der Waals surface area contributed by atoms with Crippen molar-refractivity contribution in [1.29, 1.82) is 0 Å². The first-order chi connectivity index (χ1) is 11.8. The molecule has 0 aliphatic carbocycles. The van der Waals surface area contributed by atoms with E-state index in [0.717, 1.165) is 22.4 Å². The summed E-state index contributed by atoms with van der Waals surface area (Å²) >= 11 is 14.9. The quantitative estimate of drug-likeness (QED) is 0.459.